The SMILES string of the molecule is O=C(NCC1(O)CCOCC1)C1(c2ccc(Cl)cc2)CCC1. The van der Waals surface area contributed by atoms with E-state index in [0.29, 0.717) is 37.6 Å². The molecule has 0 aromatic heterocycles. The quantitative estimate of drug-likeness (QED) is 0.894. The van der Waals surface area contributed by atoms with Crippen molar-refractivity contribution in [1.82, 2.24) is 5.32 Å². The zero-order valence-corrected chi connectivity index (χ0v) is 13.4. The van der Waals surface area contributed by atoms with Gasteiger partial charge < -0.3 is 15.2 Å². The molecular formula is C17H22ClNO3. The standard InChI is InChI=1S/C17H22ClNO3/c18-14-4-2-13(3-5-14)17(6-1-7-17)15(20)19-12-16(21)8-10-22-11-9-16/h2-5,21H,1,6-12H2,(H,19,20). The van der Waals surface area contributed by atoms with Crippen LogP contribution in [0.5, 0.6) is 0 Å². The number of benzene rings is 1. The van der Waals surface area contributed by atoms with Crippen LogP contribution in [0.15, 0.2) is 24.3 Å². The van der Waals surface area contributed by atoms with Crippen molar-refractivity contribution in [3.05, 3.63) is 34.9 Å². The molecule has 1 aromatic carbocycles. The summed E-state index contributed by atoms with van der Waals surface area (Å²) < 4.78 is 5.27. The molecule has 0 atom stereocenters. The van der Waals surface area contributed by atoms with E-state index in [2.05, 4.69) is 5.32 Å². The summed E-state index contributed by atoms with van der Waals surface area (Å²) in [6.07, 6.45) is 3.89. The van der Waals surface area contributed by atoms with E-state index in [9.17, 15) is 9.90 Å². The van der Waals surface area contributed by atoms with Crippen LogP contribution in [0.3, 0.4) is 0 Å². The summed E-state index contributed by atoms with van der Waals surface area (Å²) >= 11 is 5.94. The first kappa shape index (κ1) is 15.8. The first-order chi connectivity index (χ1) is 10.5. The minimum absolute atomic E-state index is 0.0148. The van der Waals surface area contributed by atoms with Gasteiger partial charge in [0.25, 0.3) is 0 Å². The third-order valence-electron chi connectivity index (χ3n) is 5.04. The van der Waals surface area contributed by atoms with Gasteiger partial charge in [0.1, 0.15) is 0 Å². The van der Waals surface area contributed by atoms with Crippen molar-refractivity contribution in [1.29, 1.82) is 0 Å². The lowest BCUT2D eigenvalue weighted by Gasteiger charge is -2.42. The third kappa shape index (κ3) is 3.00. The normalized spacial score (nSPS) is 22.6. The van der Waals surface area contributed by atoms with E-state index in [1.54, 1.807) is 0 Å². The van der Waals surface area contributed by atoms with Gasteiger partial charge in [0.15, 0.2) is 0 Å². The first-order valence-corrected chi connectivity index (χ1v) is 8.26. The van der Waals surface area contributed by atoms with Crippen LogP contribution in [0.2, 0.25) is 5.02 Å². The van der Waals surface area contributed by atoms with Crippen molar-refractivity contribution in [2.24, 2.45) is 0 Å². The molecule has 5 heteroatoms. The fourth-order valence-corrected chi connectivity index (χ4v) is 3.41. The Morgan fingerprint density at radius 3 is 2.36 bits per heavy atom. The molecule has 3 rings (SSSR count). The maximum Gasteiger partial charge on any atom is 0.230 e. The van der Waals surface area contributed by atoms with Gasteiger partial charge in [-0.15, -0.1) is 0 Å². The molecule has 120 valence electrons. The molecule has 1 aliphatic carbocycles. The topological polar surface area (TPSA) is 58.6 Å². The second kappa shape index (κ2) is 6.19. The average molecular weight is 324 g/mol. The van der Waals surface area contributed by atoms with Crippen LogP contribution in [0.25, 0.3) is 0 Å². The number of aliphatic hydroxyl groups is 1. The van der Waals surface area contributed by atoms with Crippen molar-refractivity contribution < 1.29 is 14.6 Å². The number of carbonyl (C=O) groups excluding carboxylic acids is 1. The molecule has 1 aliphatic heterocycles. The van der Waals surface area contributed by atoms with Crippen LogP contribution in [0, 0.1) is 0 Å². The van der Waals surface area contributed by atoms with E-state index in [4.69, 9.17) is 16.3 Å². The molecule has 1 saturated heterocycles. The van der Waals surface area contributed by atoms with E-state index in [1.807, 2.05) is 24.3 Å². The summed E-state index contributed by atoms with van der Waals surface area (Å²) in [7, 11) is 0. The van der Waals surface area contributed by atoms with Gasteiger partial charge in [0.2, 0.25) is 5.91 Å². The van der Waals surface area contributed by atoms with E-state index in [1.165, 1.54) is 0 Å². The highest BCUT2D eigenvalue weighted by atomic mass is 35.5. The Morgan fingerprint density at radius 2 is 1.82 bits per heavy atom. The number of nitrogens with one attached hydrogen (secondary N) is 1. The van der Waals surface area contributed by atoms with Gasteiger partial charge in [0.05, 0.1) is 11.0 Å². The van der Waals surface area contributed by atoms with Crippen LogP contribution in [0.4, 0.5) is 0 Å². The molecule has 1 heterocycles. The van der Waals surface area contributed by atoms with Gasteiger partial charge in [-0.1, -0.05) is 30.2 Å². The number of halogens is 1. The van der Waals surface area contributed by atoms with Gasteiger partial charge in [0, 0.05) is 37.6 Å². The molecule has 2 aliphatic rings. The van der Waals surface area contributed by atoms with Crippen LogP contribution in [0.1, 0.15) is 37.7 Å². The Bertz CT molecular complexity index is 533. The molecule has 0 radical (unpaired) electrons. The minimum Gasteiger partial charge on any atom is -0.388 e. The largest absolute Gasteiger partial charge is 0.388 e. The summed E-state index contributed by atoms with van der Waals surface area (Å²) in [6, 6.07) is 7.53. The fraction of sp³-hybridized carbons (Fsp3) is 0.588. The number of carbonyl (C=O) groups is 1. The Balaban J connectivity index is 1.68. The molecule has 2 fully saturated rings. The highest BCUT2D eigenvalue weighted by Gasteiger charge is 2.46. The fourth-order valence-electron chi connectivity index (χ4n) is 3.29. The van der Waals surface area contributed by atoms with Crippen LogP contribution in [-0.2, 0) is 14.9 Å². The van der Waals surface area contributed by atoms with Gasteiger partial charge in [-0.25, -0.2) is 0 Å². The third-order valence-corrected chi connectivity index (χ3v) is 5.29. The Hall–Kier alpha value is -1.10. The van der Waals surface area contributed by atoms with Crippen LogP contribution in [-0.4, -0.2) is 36.4 Å². The van der Waals surface area contributed by atoms with Gasteiger partial charge in [-0.2, -0.15) is 0 Å². The molecule has 1 aromatic rings. The van der Waals surface area contributed by atoms with Crippen LogP contribution < -0.4 is 5.32 Å². The maximum absolute atomic E-state index is 12.7. The molecule has 4 nitrogen and oxygen atoms in total. The summed E-state index contributed by atoms with van der Waals surface area (Å²) in [5.41, 5.74) is -0.273. The number of hydrogen-bond acceptors (Lipinski definition) is 3. The zero-order chi connectivity index (χ0) is 15.6. The minimum atomic E-state index is -0.834. The lowest BCUT2D eigenvalue weighted by molar-refractivity contribution is -0.132. The van der Waals surface area contributed by atoms with Crippen molar-refractivity contribution in [3.63, 3.8) is 0 Å². The zero-order valence-electron chi connectivity index (χ0n) is 12.6. The lowest BCUT2D eigenvalue weighted by atomic mass is 9.63. The summed E-state index contributed by atoms with van der Waals surface area (Å²) in [5.74, 6) is 0.0148. The average Bonchev–Trinajstić information content (AvgIpc) is 2.47. The van der Waals surface area contributed by atoms with E-state index in [-0.39, 0.29) is 5.91 Å². The number of ether oxygens (including phenoxy) is 1. The van der Waals surface area contributed by atoms with E-state index in [0.717, 1.165) is 24.8 Å². The Kier molecular flexibility index (Phi) is 4.44. The molecule has 0 bridgehead atoms. The molecule has 1 amide bonds. The lowest BCUT2D eigenvalue weighted by Crippen LogP contribution is -2.54. The van der Waals surface area contributed by atoms with Crippen molar-refractivity contribution in [2.45, 2.75) is 43.1 Å². The summed E-state index contributed by atoms with van der Waals surface area (Å²) in [6.45, 7) is 1.40. The summed E-state index contributed by atoms with van der Waals surface area (Å²) in [5, 5.41) is 14.1. The molecule has 0 unspecified atom stereocenters. The molecular weight excluding hydrogens is 302 g/mol. The molecule has 2 N–H and O–H groups in total. The highest BCUT2D eigenvalue weighted by Crippen LogP contribution is 2.44. The molecule has 1 saturated carbocycles. The number of amides is 1. The van der Waals surface area contributed by atoms with E-state index < -0.39 is 11.0 Å². The van der Waals surface area contributed by atoms with Gasteiger partial charge >= 0.3 is 0 Å². The first-order valence-electron chi connectivity index (χ1n) is 7.89. The number of hydrogen-bond donors (Lipinski definition) is 2. The predicted molar refractivity (Wildman–Crippen MR) is 85.0 cm³/mol. The Labute approximate surface area is 135 Å². The number of rotatable bonds is 4. The van der Waals surface area contributed by atoms with Crippen molar-refractivity contribution in [2.75, 3.05) is 19.8 Å². The van der Waals surface area contributed by atoms with Gasteiger partial charge in [-0.05, 0) is 30.5 Å². The van der Waals surface area contributed by atoms with E-state index >= 15 is 0 Å². The predicted octanol–water partition coefficient (Wildman–Crippen LogP) is 2.42. The van der Waals surface area contributed by atoms with Crippen LogP contribution >= 0.6 is 11.6 Å². The highest BCUT2D eigenvalue weighted by molar-refractivity contribution is 6.30. The van der Waals surface area contributed by atoms with Gasteiger partial charge in [-0.3, -0.25) is 4.79 Å². The van der Waals surface area contributed by atoms with Crippen molar-refractivity contribution in [3.8, 4) is 0 Å². The second-order valence-electron chi connectivity index (χ2n) is 6.46. The summed E-state index contributed by atoms with van der Waals surface area (Å²) in [4.78, 5) is 12.7. The maximum atomic E-state index is 12.7. The smallest absolute Gasteiger partial charge is 0.230 e. The van der Waals surface area contributed by atoms with Crippen molar-refractivity contribution >= 4 is 17.5 Å². The Morgan fingerprint density at radius 1 is 1.18 bits per heavy atom. The monoisotopic (exact) mass is 323 g/mol. The molecule has 0 spiro atoms. The molecule has 22 heavy (non-hydrogen) atoms. The second-order valence-corrected chi connectivity index (χ2v) is 6.90.